The molecule has 3 heterocycles. The number of carbonyl (C=O) groups is 1. The molecule has 2 amide bonds. The van der Waals surface area contributed by atoms with E-state index in [1.54, 1.807) is 12.4 Å². The molecule has 2 aromatic heterocycles. The van der Waals surface area contributed by atoms with Crippen LogP contribution in [0.5, 0.6) is 0 Å². The highest BCUT2D eigenvalue weighted by Crippen LogP contribution is 2.20. The maximum absolute atomic E-state index is 12.2. The number of aryl methyl sites for hydroxylation is 1. The number of hydrogen-bond acceptors (Lipinski definition) is 3. The molecule has 110 valence electrons. The lowest BCUT2D eigenvalue weighted by Gasteiger charge is -2.18. The summed E-state index contributed by atoms with van der Waals surface area (Å²) in [6.45, 7) is 4.02. The molecule has 1 atom stereocenters. The fourth-order valence-corrected chi connectivity index (χ4v) is 2.62. The number of hydrogen-bond donors (Lipinski definition) is 1. The summed E-state index contributed by atoms with van der Waals surface area (Å²) in [5, 5.41) is 7.23. The summed E-state index contributed by atoms with van der Waals surface area (Å²) in [6, 6.07) is 4.12. The van der Waals surface area contributed by atoms with Gasteiger partial charge >= 0.3 is 6.03 Å². The van der Waals surface area contributed by atoms with Crippen LogP contribution >= 0.6 is 0 Å². The van der Waals surface area contributed by atoms with Crippen LogP contribution < -0.4 is 5.32 Å². The van der Waals surface area contributed by atoms with Crippen molar-refractivity contribution in [1.82, 2.24) is 25.0 Å². The smallest absolute Gasteiger partial charge is 0.317 e. The predicted octanol–water partition coefficient (Wildman–Crippen LogP) is 1.74. The minimum atomic E-state index is -0.0131. The summed E-state index contributed by atoms with van der Waals surface area (Å²) in [6.07, 6.45) is 8.23. The molecule has 1 fully saturated rings. The summed E-state index contributed by atoms with van der Waals surface area (Å²) in [7, 11) is 0. The molecular weight excluding hydrogens is 266 g/mol. The lowest BCUT2D eigenvalue weighted by atomic mass is 10.1. The Kier molecular flexibility index (Phi) is 3.85. The van der Waals surface area contributed by atoms with Gasteiger partial charge in [0.25, 0.3) is 0 Å². The normalized spacial score (nSPS) is 18.0. The van der Waals surface area contributed by atoms with Gasteiger partial charge in [-0.25, -0.2) is 4.79 Å². The Balaban J connectivity index is 1.54. The van der Waals surface area contributed by atoms with Gasteiger partial charge < -0.3 is 10.2 Å². The van der Waals surface area contributed by atoms with Crippen molar-refractivity contribution in [2.45, 2.75) is 25.9 Å². The van der Waals surface area contributed by atoms with E-state index in [1.165, 1.54) is 0 Å². The van der Waals surface area contributed by atoms with Crippen molar-refractivity contribution >= 4 is 6.03 Å². The van der Waals surface area contributed by atoms with Crippen LogP contribution in [-0.2, 0) is 6.54 Å². The van der Waals surface area contributed by atoms with E-state index >= 15 is 0 Å². The zero-order valence-corrected chi connectivity index (χ0v) is 12.1. The number of amides is 2. The first-order chi connectivity index (χ1) is 10.2. The fraction of sp³-hybridized carbons (Fsp3) is 0.400. The topological polar surface area (TPSA) is 63.1 Å². The molecule has 6 heteroatoms. The van der Waals surface area contributed by atoms with Crippen LogP contribution in [0, 0.1) is 6.92 Å². The van der Waals surface area contributed by atoms with Crippen molar-refractivity contribution in [1.29, 1.82) is 0 Å². The van der Waals surface area contributed by atoms with Crippen LogP contribution in [0.4, 0.5) is 4.79 Å². The second-order valence-corrected chi connectivity index (χ2v) is 5.34. The number of nitrogens with one attached hydrogen (secondary N) is 1. The van der Waals surface area contributed by atoms with Gasteiger partial charge in [0.05, 0.1) is 6.04 Å². The second kappa shape index (κ2) is 5.95. The van der Waals surface area contributed by atoms with Gasteiger partial charge in [-0.2, -0.15) is 5.10 Å². The molecule has 2 aromatic rings. The van der Waals surface area contributed by atoms with E-state index in [0.717, 1.165) is 24.1 Å². The van der Waals surface area contributed by atoms with Gasteiger partial charge in [-0.3, -0.25) is 9.67 Å². The predicted molar refractivity (Wildman–Crippen MR) is 78.7 cm³/mol. The molecule has 0 aromatic carbocycles. The number of pyridine rings is 1. The van der Waals surface area contributed by atoms with Gasteiger partial charge in [-0.15, -0.1) is 0 Å². The van der Waals surface area contributed by atoms with Crippen molar-refractivity contribution < 1.29 is 4.79 Å². The first kappa shape index (κ1) is 13.6. The SMILES string of the molecule is Cc1cnccc1CNC(=O)N1CCC(n2cccn2)C1. The van der Waals surface area contributed by atoms with Crippen LogP contribution in [0.3, 0.4) is 0 Å². The Bertz CT molecular complexity index is 610. The van der Waals surface area contributed by atoms with Gasteiger partial charge in [0.2, 0.25) is 0 Å². The summed E-state index contributed by atoms with van der Waals surface area (Å²) >= 11 is 0. The third-order valence-electron chi connectivity index (χ3n) is 3.92. The number of likely N-dealkylation sites (tertiary alicyclic amines) is 1. The Morgan fingerprint density at radius 1 is 1.48 bits per heavy atom. The van der Waals surface area contributed by atoms with Crippen LogP contribution in [0.25, 0.3) is 0 Å². The van der Waals surface area contributed by atoms with E-state index in [1.807, 2.05) is 41.0 Å². The molecule has 0 radical (unpaired) electrons. The molecule has 1 aliphatic rings. The zero-order chi connectivity index (χ0) is 14.7. The summed E-state index contributed by atoms with van der Waals surface area (Å²) < 4.78 is 1.93. The Morgan fingerprint density at radius 3 is 3.14 bits per heavy atom. The van der Waals surface area contributed by atoms with Crippen LogP contribution in [0.2, 0.25) is 0 Å². The standard InChI is InChI=1S/C15H19N5O/c1-12-9-16-6-3-13(12)10-17-15(21)19-8-4-14(11-19)20-7-2-5-18-20/h2-3,5-7,9,14H,4,8,10-11H2,1H3,(H,17,21). The minimum absolute atomic E-state index is 0.0131. The summed E-state index contributed by atoms with van der Waals surface area (Å²) in [4.78, 5) is 18.1. The molecule has 6 nitrogen and oxygen atoms in total. The minimum Gasteiger partial charge on any atom is -0.334 e. The Hall–Kier alpha value is -2.37. The van der Waals surface area contributed by atoms with Crippen molar-refractivity contribution in [2.24, 2.45) is 0 Å². The van der Waals surface area contributed by atoms with E-state index < -0.39 is 0 Å². The Morgan fingerprint density at radius 2 is 2.38 bits per heavy atom. The molecule has 0 aliphatic carbocycles. The van der Waals surface area contributed by atoms with Gasteiger partial charge in [-0.05, 0) is 36.6 Å². The number of carbonyl (C=O) groups excluding carboxylic acids is 1. The van der Waals surface area contributed by atoms with Crippen molar-refractivity contribution in [3.63, 3.8) is 0 Å². The lowest BCUT2D eigenvalue weighted by molar-refractivity contribution is 0.206. The second-order valence-electron chi connectivity index (χ2n) is 5.34. The zero-order valence-electron chi connectivity index (χ0n) is 12.1. The number of aromatic nitrogens is 3. The maximum atomic E-state index is 12.2. The first-order valence-corrected chi connectivity index (χ1v) is 7.15. The summed E-state index contributed by atoms with van der Waals surface area (Å²) in [5.41, 5.74) is 2.19. The van der Waals surface area contributed by atoms with Crippen LogP contribution in [0.1, 0.15) is 23.6 Å². The summed E-state index contributed by atoms with van der Waals surface area (Å²) in [5.74, 6) is 0. The van der Waals surface area contributed by atoms with E-state index in [2.05, 4.69) is 15.4 Å². The van der Waals surface area contributed by atoms with Crippen molar-refractivity contribution in [3.05, 3.63) is 48.0 Å². The third kappa shape index (κ3) is 3.04. The van der Waals surface area contributed by atoms with Crippen molar-refractivity contribution in [3.8, 4) is 0 Å². The molecule has 1 saturated heterocycles. The first-order valence-electron chi connectivity index (χ1n) is 7.15. The molecule has 0 saturated carbocycles. The molecule has 1 unspecified atom stereocenters. The van der Waals surface area contributed by atoms with Crippen LogP contribution in [0.15, 0.2) is 36.9 Å². The molecular formula is C15H19N5O. The lowest BCUT2D eigenvalue weighted by Crippen LogP contribution is -2.38. The Labute approximate surface area is 123 Å². The number of urea groups is 1. The fourth-order valence-electron chi connectivity index (χ4n) is 2.62. The molecule has 0 bridgehead atoms. The van der Waals surface area contributed by atoms with Crippen LogP contribution in [-0.4, -0.2) is 38.8 Å². The van der Waals surface area contributed by atoms with Crippen molar-refractivity contribution in [2.75, 3.05) is 13.1 Å². The van der Waals surface area contributed by atoms with Gasteiger partial charge in [0.15, 0.2) is 0 Å². The van der Waals surface area contributed by atoms with Gasteiger partial charge in [0.1, 0.15) is 0 Å². The van der Waals surface area contributed by atoms with Gasteiger partial charge in [0, 0.05) is 44.4 Å². The van der Waals surface area contributed by atoms with E-state index in [0.29, 0.717) is 13.1 Å². The molecule has 3 rings (SSSR count). The maximum Gasteiger partial charge on any atom is 0.317 e. The van der Waals surface area contributed by atoms with E-state index in [-0.39, 0.29) is 12.1 Å². The highest BCUT2D eigenvalue weighted by Gasteiger charge is 2.27. The average Bonchev–Trinajstić information content (AvgIpc) is 3.16. The quantitative estimate of drug-likeness (QED) is 0.934. The number of nitrogens with zero attached hydrogens (tertiary/aromatic N) is 4. The molecule has 1 aliphatic heterocycles. The average molecular weight is 285 g/mol. The van der Waals surface area contributed by atoms with E-state index in [4.69, 9.17) is 0 Å². The monoisotopic (exact) mass is 285 g/mol. The van der Waals surface area contributed by atoms with E-state index in [9.17, 15) is 4.79 Å². The third-order valence-corrected chi connectivity index (χ3v) is 3.92. The molecule has 1 N–H and O–H groups in total. The highest BCUT2D eigenvalue weighted by atomic mass is 16.2. The molecule has 0 spiro atoms. The number of rotatable bonds is 3. The molecule has 21 heavy (non-hydrogen) atoms. The van der Waals surface area contributed by atoms with Gasteiger partial charge in [-0.1, -0.05) is 0 Å². The largest absolute Gasteiger partial charge is 0.334 e. The highest BCUT2D eigenvalue weighted by molar-refractivity contribution is 5.74.